The van der Waals surface area contributed by atoms with Crippen LogP contribution in [0.1, 0.15) is 10.4 Å². The van der Waals surface area contributed by atoms with Crippen LogP contribution in [0.5, 0.6) is 11.5 Å². The van der Waals surface area contributed by atoms with Gasteiger partial charge < -0.3 is 15.6 Å². The Hall–Kier alpha value is -2.08. The van der Waals surface area contributed by atoms with Gasteiger partial charge in [0.1, 0.15) is 11.3 Å². The van der Waals surface area contributed by atoms with Crippen molar-refractivity contribution in [2.24, 2.45) is 0 Å². The van der Waals surface area contributed by atoms with E-state index in [-0.39, 0.29) is 17.1 Å². The van der Waals surface area contributed by atoms with E-state index < -0.39 is 11.8 Å². The van der Waals surface area contributed by atoms with E-state index in [1.165, 1.54) is 30.3 Å². The highest BCUT2D eigenvalue weighted by Gasteiger charge is 2.14. The molecule has 2 aromatic carbocycles. The minimum Gasteiger partial charge on any atom is -0.478 e. The lowest BCUT2D eigenvalue weighted by Crippen LogP contribution is -2.01. The van der Waals surface area contributed by atoms with Crippen molar-refractivity contribution in [3.63, 3.8) is 0 Å². The number of hydrogen-bond acceptors (Lipinski definition) is 3. The second kappa shape index (κ2) is 5.27. The Morgan fingerprint density at radius 1 is 1.21 bits per heavy atom. The zero-order valence-corrected chi connectivity index (χ0v) is 11.1. The molecule has 0 atom stereocenters. The third-order valence-electron chi connectivity index (χ3n) is 2.35. The molecular weight excluding hydrogens is 317 g/mol. The predicted octanol–water partition coefficient (Wildman–Crippen LogP) is 3.66. The minimum atomic E-state index is -1.17. The normalized spacial score (nSPS) is 10.2. The second-order valence-electron chi connectivity index (χ2n) is 3.74. The molecule has 4 nitrogen and oxygen atoms in total. The van der Waals surface area contributed by atoms with Gasteiger partial charge in [0.2, 0.25) is 0 Å². The monoisotopic (exact) mass is 325 g/mol. The molecule has 0 spiro atoms. The molecule has 0 aliphatic rings. The summed E-state index contributed by atoms with van der Waals surface area (Å²) in [5.41, 5.74) is 5.81. The molecule has 6 heteroatoms. The summed E-state index contributed by atoms with van der Waals surface area (Å²) in [4.78, 5) is 11.0. The molecular formula is C13H9BrFNO3. The zero-order chi connectivity index (χ0) is 14.0. The van der Waals surface area contributed by atoms with Gasteiger partial charge in [0.25, 0.3) is 0 Å². The van der Waals surface area contributed by atoms with Gasteiger partial charge in [-0.25, -0.2) is 9.18 Å². The van der Waals surface area contributed by atoms with Crippen LogP contribution in [0, 0.1) is 5.82 Å². The predicted molar refractivity (Wildman–Crippen MR) is 72.0 cm³/mol. The highest BCUT2D eigenvalue weighted by Crippen LogP contribution is 2.30. The molecule has 0 aliphatic heterocycles. The first-order valence-corrected chi connectivity index (χ1v) is 6.02. The van der Waals surface area contributed by atoms with Gasteiger partial charge in [0, 0.05) is 16.2 Å². The summed E-state index contributed by atoms with van der Waals surface area (Å²) in [6.45, 7) is 0. The molecule has 0 radical (unpaired) electrons. The summed E-state index contributed by atoms with van der Waals surface area (Å²) in [6, 6.07) is 8.30. The Labute approximate surface area is 116 Å². The number of aromatic carboxylic acids is 1. The molecule has 0 bridgehead atoms. The fourth-order valence-corrected chi connectivity index (χ4v) is 1.81. The number of hydrogen-bond donors (Lipinski definition) is 2. The van der Waals surface area contributed by atoms with Gasteiger partial charge in [-0.15, -0.1) is 0 Å². The van der Waals surface area contributed by atoms with E-state index in [1.807, 2.05) is 0 Å². The third kappa shape index (κ3) is 3.03. The number of nitrogen functional groups attached to an aromatic ring is 1. The first-order chi connectivity index (χ1) is 8.97. The topological polar surface area (TPSA) is 72.6 Å². The summed E-state index contributed by atoms with van der Waals surface area (Å²) < 4.78 is 19.5. The number of nitrogens with two attached hydrogens (primary N) is 1. The van der Waals surface area contributed by atoms with Gasteiger partial charge in [-0.2, -0.15) is 0 Å². The number of carboxylic acids is 1. The zero-order valence-electron chi connectivity index (χ0n) is 9.56. The number of halogens is 2. The van der Waals surface area contributed by atoms with Crippen molar-refractivity contribution >= 4 is 27.6 Å². The first-order valence-electron chi connectivity index (χ1n) is 5.23. The molecule has 19 heavy (non-hydrogen) atoms. The van der Waals surface area contributed by atoms with Crippen LogP contribution in [0.25, 0.3) is 0 Å². The largest absolute Gasteiger partial charge is 0.478 e. The lowest BCUT2D eigenvalue weighted by molar-refractivity contribution is 0.0694. The van der Waals surface area contributed by atoms with Crippen LogP contribution in [0.3, 0.4) is 0 Å². The average molecular weight is 326 g/mol. The van der Waals surface area contributed by atoms with Crippen LogP contribution in [0.15, 0.2) is 40.9 Å². The Bertz CT molecular complexity index is 646. The van der Waals surface area contributed by atoms with Crippen molar-refractivity contribution in [2.45, 2.75) is 0 Å². The van der Waals surface area contributed by atoms with Crippen LogP contribution in [0.2, 0.25) is 0 Å². The number of carboxylic acid groups (broad SMARTS) is 1. The average Bonchev–Trinajstić information content (AvgIpc) is 2.32. The van der Waals surface area contributed by atoms with E-state index >= 15 is 0 Å². The van der Waals surface area contributed by atoms with Crippen molar-refractivity contribution in [1.82, 2.24) is 0 Å². The SMILES string of the molecule is Nc1ccc(C(=O)O)c(Oc2ccc(Br)cc2F)c1. The van der Waals surface area contributed by atoms with Gasteiger partial charge in [-0.05, 0) is 30.3 Å². The van der Waals surface area contributed by atoms with E-state index in [2.05, 4.69) is 15.9 Å². The van der Waals surface area contributed by atoms with Crippen molar-refractivity contribution in [2.75, 3.05) is 5.73 Å². The lowest BCUT2D eigenvalue weighted by atomic mass is 10.2. The standard InChI is InChI=1S/C13H9BrFNO3/c14-7-1-4-11(10(15)5-7)19-12-6-8(16)2-3-9(12)13(17)18/h1-6H,16H2,(H,17,18). The maximum Gasteiger partial charge on any atom is 0.339 e. The number of anilines is 1. The van der Waals surface area contributed by atoms with Gasteiger partial charge >= 0.3 is 5.97 Å². The minimum absolute atomic E-state index is 0.00581. The fourth-order valence-electron chi connectivity index (χ4n) is 1.48. The highest BCUT2D eigenvalue weighted by atomic mass is 79.9. The number of ether oxygens (including phenoxy) is 1. The molecule has 2 rings (SSSR count). The van der Waals surface area contributed by atoms with E-state index in [9.17, 15) is 9.18 Å². The van der Waals surface area contributed by atoms with E-state index in [4.69, 9.17) is 15.6 Å². The molecule has 0 aliphatic carbocycles. The molecule has 0 saturated carbocycles. The van der Waals surface area contributed by atoms with E-state index in [0.29, 0.717) is 10.2 Å². The lowest BCUT2D eigenvalue weighted by Gasteiger charge is -2.10. The maximum atomic E-state index is 13.6. The first kappa shape index (κ1) is 13.4. The van der Waals surface area contributed by atoms with E-state index in [1.54, 1.807) is 6.07 Å². The van der Waals surface area contributed by atoms with Crippen LogP contribution in [0.4, 0.5) is 10.1 Å². The van der Waals surface area contributed by atoms with Gasteiger partial charge in [0.05, 0.1) is 0 Å². The maximum absolute atomic E-state index is 13.6. The molecule has 0 heterocycles. The van der Waals surface area contributed by atoms with Crippen molar-refractivity contribution in [1.29, 1.82) is 0 Å². The summed E-state index contributed by atoms with van der Waals surface area (Å²) in [6.07, 6.45) is 0. The smallest absolute Gasteiger partial charge is 0.339 e. The fraction of sp³-hybridized carbons (Fsp3) is 0. The van der Waals surface area contributed by atoms with Crippen LogP contribution >= 0.6 is 15.9 Å². The van der Waals surface area contributed by atoms with Crippen LogP contribution in [-0.4, -0.2) is 11.1 Å². The van der Waals surface area contributed by atoms with E-state index in [0.717, 1.165) is 0 Å². The molecule has 0 saturated heterocycles. The van der Waals surface area contributed by atoms with Crippen LogP contribution < -0.4 is 10.5 Å². The van der Waals surface area contributed by atoms with Gasteiger partial charge in [0.15, 0.2) is 11.6 Å². The Balaban J connectivity index is 2.42. The number of carbonyl (C=O) groups is 1. The molecule has 0 amide bonds. The molecule has 98 valence electrons. The Morgan fingerprint density at radius 3 is 2.58 bits per heavy atom. The quantitative estimate of drug-likeness (QED) is 0.844. The molecule has 0 aromatic heterocycles. The van der Waals surface area contributed by atoms with Crippen molar-refractivity contribution < 1.29 is 19.0 Å². The number of rotatable bonds is 3. The molecule has 0 unspecified atom stereocenters. The van der Waals surface area contributed by atoms with Crippen LogP contribution in [-0.2, 0) is 0 Å². The molecule has 2 aromatic rings. The summed E-state index contributed by atoms with van der Waals surface area (Å²) in [5.74, 6) is -1.86. The second-order valence-corrected chi connectivity index (χ2v) is 4.65. The summed E-state index contributed by atoms with van der Waals surface area (Å²) >= 11 is 3.12. The van der Waals surface area contributed by atoms with Crippen molar-refractivity contribution in [3.8, 4) is 11.5 Å². The third-order valence-corrected chi connectivity index (χ3v) is 2.84. The van der Waals surface area contributed by atoms with Gasteiger partial charge in [-0.1, -0.05) is 15.9 Å². The van der Waals surface area contributed by atoms with Gasteiger partial charge in [-0.3, -0.25) is 0 Å². The summed E-state index contributed by atoms with van der Waals surface area (Å²) in [5, 5.41) is 9.03. The molecule has 0 fully saturated rings. The highest BCUT2D eigenvalue weighted by molar-refractivity contribution is 9.10. The molecule has 3 N–H and O–H groups in total. The Morgan fingerprint density at radius 2 is 1.95 bits per heavy atom. The van der Waals surface area contributed by atoms with Crippen molar-refractivity contribution in [3.05, 3.63) is 52.3 Å². The number of benzene rings is 2. The summed E-state index contributed by atoms with van der Waals surface area (Å²) in [7, 11) is 0. The Kier molecular flexibility index (Phi) is 3.71.